The molecule has 0 unspecified atom stereocenters. The normalized spacial score (nSPS) is 11.2. The van der Waals surface area contributed by atoms with Gasteiger partial charge in [-0.3, -0.25) is 4.79 Å². The van der Waals surface area contributed by atoms with Gasteiger partial charge in [0.2, 0.25) is 15.9 Å². The van der Waals surface area contributed by atoms with Gasteiger partial charge in [0, 0.05) is 6.08 Å². The maximum Gasteiger partial charge on any atom is 0.244 e. The Labute approximate surface area is 112 Å². The minimum atomic E-state index is -3.43. The molecule has 1 rings (SSSR count). The summed E-state index contributed by atoms with van der Waals surface area (Å²) in [5, 5.41) is 2.48. The van der Waals surface area contributed by atoms with Crippen LogP contribution >= 0.6 is 0 Å². The van der Waals surface area contributed by atoms with E-state index in [0.717, 1.165) is 0 Å². The fourth-order valence-electron chi connectivity index (χ4n) is 1.24. The quantitative estimate of drug-likeness (QED) is 0.603. The molecule has 0 atom stereocenters. The third-order valence-corrected chi connectivity index (χ3v) is 3.68. The molecule has 0 saturated carbocycles. The first-order chi connectivity index (χ1) is 8.99. The minimum Gasteiger partial charge on any atom is -0.342 e. The molecule has 19 heavy (non-hydrogen) atoms. The second-order valence-electron chi connectivity index (χ2n) is 3.53. The summed E-state index contributed by atoms with van der Waals surface area (Å²) in [5.74, 6) is 1.99. The van der Waals surface area contributed by atoms with E-state index in [2.05, 4.69) is 16.0 Å². The first kappa shape index (κ1) is 15.0. The van der Waals surface area contributed by atoms with E-state index in [1.165, 1.54) is 25.3 Å². The fraction of sp³-hybridized carbons (Fsp3) is 0.154. The summed E-state index contributed by atoms with van der Waals surface area (Å²) in [4.78, 5) is 11.4. The van der Waals surface area contributed by atoms with E-state index >= 15 is 0 Å². The van der Waals surface area contributed by atoms with Crippen molar-refractivity contribution < 1.29 is 13.2 Å². The zero-order chi connectivity index (χ0) is 14.3. The largest absolute Gasteiger partial charge is 0.342 e. The maximum absolute atomic E-state index is 11.5. The molecule has 1 amide bonds. The Morgan fingerprint density at radius 2 is 2.00 bits per heavy atom. The standard InChI is InChI=1S/C13H14N2O3S/c1-3-10-15-13(16)9-6-11-4-7-12(8-5-11)19(17,18)14-2/h1,4-9,14H,10H2,2H3,(H,15,16)/b9-6+. The highest BCUT2D eigenvalue weighted by Crippen LogP contribution is 2.11. The molecule has 0 fully saturated rings. The molecule has 2 N–H and O–H groups in total. The summed E-state index contributed by atoms with van der Waals surface area (Å²) in [6.45, 7) is 0.169. The van der Waals surface area contributed by atoms with E-state index in [4.69, 9.17) is 6.42 Å². The highest BCUT2D eigenvalue weighted by atomic mass is 32.2. The van der Waals surface area contributed by atoms with Crippen LogP contribution in [0.25, 0.3) is 6.08 Å². The van der Waals surface area contributed by atoms with E-state index < -0.39 is 10.0 Å². The van der Waals surface area contributed by atoms with Crippen LogP contribution in [0.3, 0.4) is 0 Å². The van der Waals surface area contributed by atoms with Crippen molar-refractivity contribution >= 4 is 22.0 Å². The van der Waals surface area contributed by atoms with E-state index in [1.807, 2.05) is 0 Å². The number of nitrogens with one attached hydrogen (secondary N) is 2. The van der Waals surface area contributed by atoms with Gasteiger partial charge in [0.1, 0.15) is 0 Å². The lowest BCUT2D eigenvalue weighted by Crippen LogP contribution is -2.20. The van der Waals surface area contributed by atoms with Gasteiger partial charge in [0.05, 0.1) is 11.4 Å². The van der Waals surface area contributed by atoms with Crippen molar-refractivity contribution in [3.8, 4) is 12.3 Å². The number of hydrogen-bond acceptors (Lipinski definition) is 3. The number of carbonyl (C=O) groups is 1. The summed E-state index contributed by atoms with van der Waals surface area (Å²) >= 11 is 0. The van der Waals surface area contributed by atoms with Crippen molar-refractivity contribution in [1.82, 2.24) is 10.0 Å². The predicted octanol–water partition coefficient (Wildman–Crippen LogP) is 0.357. The smallest absolute Gasteiger partial charge is 0.244 e. The van der Waals surface area contributed by atoms with Gasteiger partial charge in [-0.05, 0) is 30.8 Å². The number of benzene rings is 1. The van der Waals surface area contributed by atoms with Gasteiger partial charge in [-0.25, -0.2) is 13.1 Å². The Hall–Kier alpha value is -2.10. The van der Waals surface area contributed by atoms with Gasteiger partial charge in [-0.15, -0.1) is 6.42 Å². The van der Waals surface area contributed by atoms with Gasteiger partial charge in [0.25, 0.3) is 0 Å². The van der Waals surface area contributed by atoms with Gasteiger partial charge in [0.15, 0.2) is 0 Å². The van der Waals surface area contributed by atoms with Crippen LogP contribution in [0.4, 0.5) is 0 Å². The average Bonchev–Trinajstić information content (AvgIpc) is 2.43. The number of hydrogen-bond donors (Lipinski definition) is 2. The molecule has 0 spiro atoms. The number of carbonyl (C=O) groups excluding carboxylic acids is 1. The summed E-state index contributed by atoms with van der Waals surface area (Å²) < 4.78 is 25.2. The van der Waals surface area contributed by atoms with Crippen molar-refractivity contribution in [3.05, 3.63) is 35.9 Å². The van der Waals surface area contributed by atoms with Crippen molar-refractivity contribution in [2.24, 2.45) is 0 Å². The number of sulfonamides is 1. The molecule has 0 heterocycles. The lowest BCUT2D eigenvalue weighted by molar-refractivity contribution is -0.116. The van der Waals surface area contributed by atoms with Crippen LogP contribution in [-0.4, -0.2) is 27.9 Å². The molecule has 0 radical (unpaired) electrons. The molecule has 0 aliphatic carbocycles. The van der Waals surface area contributed by atoms with Gasteiger partial charge in [-0.1, -0.05) is 18.1 Å². The first-order valence-electron chi connectivity index (χ1n) is 5.42. The van der Waals surface area contributed by atoms with Crippen LogP contribution in [0.5, 0.6) is 0 Å². The van der Waals surface area contributed by atoms with Gasteiger partial charge < -0.3 is 5.32 Å². The molecule has 1 aromatic carbocycles. The topological polar surface area (TPSA) is 75.3 Å². The summed E-state index contributed by atoms with van der Waals surface area (Å²) in [6, 6.07) is 6.14. The zero-order valence-corrected chi connectivity index (χ0v) is 11.2. The van der Waals surface area contributed by atoms with Crippen LogP contribution in [0.1, 0.15) is 5.56 Å². The van der Waals surface area contributed by atoms with E-state index in [-0.39, 0.29) is 17.3 Å². The fourth-order valence-corrected chi connectivity index (χ4v) is 1.98. The third kappa shape index (κ3) is 4.58. The number of amides is 1. The van der Waals surface area contributed by atoms with Crippen LogP contribution in [-0.2, 0) is 14.8 Å². The lowest BCUT2D eigenvalue weighted by atomic mass is 10.2. The van der Waals surface area contributed by atoms with Crippen LogP contribution in [0.15, 0.2) is 35.2 Å². The average molecular weight is 278 g/mol. The Kier molecular flexibility index (Phi) is 5.30. The second-order valence-corrected chi connectivity index (χ2v) is 5.42. The third-order valence-electron chi connectivity index (χ3n) is 2.25. The monoisotopic (exact) mass is 278 g/mol. The molecule has 0 bridgehead atoms. The van der Waals surface area contributed by atoms with Crippen LogP contribution < -0.4 is 10.0 Å². The highest BCUT2D eigenvalue weighted by Gasteiger charge is 2.09. The number of terminal acetylenes is 1. The molecule has 0 aliphatic heterocycles. The molecular formula is C13H14N2O3S. The van der Waals surface area contributed by atoms with Crippen molar-refractivity contribution in [2.45, 2.75) is 4.90 Å². The second kappa shape index (κ2) is 6.73. The maximum atomic E-state index is 11.5. The van der Waals surface area contributed by atoms with E-state index in [0.29, 0.717) is 5.56 Å². The molecule has 6 heteroatoms. The van der Waals surface area contributed by atoms with Crippen molar-refractivity contribution in [2.75, 3.05) is 13.6 Å². The van der Waals surface area contributed by atoms with Crippen LogP contribution in [0, 0.1) is 12.3 Å². The Morgan fingerprint density at radius 3 is 2.53 bits per heavy atom. The zero-order valence-electron chi connectivity index (χ0n) is 10.4. The summed E-state index contributed by atoms with van der Waals surface area (Å²) in [7, 11) is -2.09. The number of rotatable bonds is 5. The Bertz CT molecular complexity index is 610. The molecule has 0 aromatic heterocycles. The molecule has 5 nitrogen and oxygen atoms in total. The SMILES string of the molecule is C#CCNC(=O)/C=C/c1ccc(S(=O)(=O)NC)cc1. The Morgan fingerprint density at radius 1 is 1.37 bits per heavy atom. The molecule has 100 valence electrons. The van der Waals surface area contributed by atoms with E-state index in [9.17, 15) is 13.2 Å². The van der Waals surface area contributed by atoms with Crippen LogP contribution in [0.2, 0.25) is 0 Å². The van der Waals surface area contributed by atoms with Gasteiger partial charge >= 0.3 is 0 Å². The Balaban J connectivity index is 2.76. The molecule has 0 saturated heterocycles. The summed E-state index contributed by atoms with van der Waals surface area (Å²) in [6.07, 6.45) is 7.91. The minimum absolute atomic E-state index is 0.169. The molecular weight excluding hydrogens is 264 g/mol. The highest BCUT2D eigenvalue weighted by molar-refractivity contribution is 7.89. The van der Waals surface area contributed by atoms with Gasteiger partial charge in [-0.2, -0.15) is 0 Å². The molecule has 1 aromatic rings. The lowest BCUT2D eigenvalue weighted by Gasteiger charge is -2.02. The van der Waals surface area contributed by atoms with Crippen molar-refractivity contribution in [1.29, 1.82) is 0 Å². The predicted molar refractivity (Wildman–Crippen MR) is 73.6 cm³/mol. The van der Waals surface area contributed by atoms with E-state index in [1.54, 1.807) is 18.2 Å². The summed E-state index contributed by atoms with van der Waals surface area (Å²) in [5.41, 5.74) is 0.714. The first-order valence-corrected chi connectivity index (χ1v) is 6.91. The molecule has 0 aliphatic rings. The van der Waals surface area contributed by atoms with Crippen molar-refractivity contribution in [3.63, 3.8) is 0 Å².